The van der Waals surface area contributed by atoms with Gasteiger partial charge in [-0.1, -0.05) is 13.5 Å². The first-order chi connectivity index (χ1) is 4.31. The summed E-state index contributed by atoms with van der Waals surface area (Å²) in [5, 5.41) is 8.58. The molecule has 1 nitrogen and oxygen atoms in total. The maximum absolute atomic E-state index is 8.58. The van der Waals surface area contributed by atoms with Crippen molar-refractivity contribution in [3.63, 3.8) is 0 Å². The molecule has 0 radical (unpaired) electrons. The van der Waals surface area contributed by atoms with Crippen LogP contribution in [0.25, 0.3) is 0 Å². The van der Waals surface area contributed by atoms with Crippen molar-refractivity contribution in [3.05, 3.63) is 18.4 Å². The molecule has 1 N–H and O–H groups in total. The third-order valence-corrected chi connectivity index (χ3v) is 1.26. The highest BCUT2D eigenvalue weighted by Gasteiger charge is 1.95. The molecule has 0 aromatic rings. The van der Waals surface area contributed by atoms with Gasteiger partial charge in [0.1, 0.15) is 0 Å². The topological polar surface area (TPSA) is 20.2 Å². The molecule has 0 aromatic carbocycles. The Kier molecular flexibility index (Phi) is 5.29. The fourth-order valence-electron chi connectivity index (χ4n) is 0.561. The van der Waals surface area contributed by atoms with E-state index in [0.717, 1.165) is 12.8 Å². The van der Waals surface area contributed by atoms with Gasteiger partial charge >= 0.3 is 0 Å². The zero-order valence-electron chi connectivity index (χ0n) is 5.93. The molecule has 0 aromatic heterocycles. The van der Waals surface area contributed by atoms with Crippen LogP contribution in [0, 0.1) is 5.92 Å². The summed E-state index contributed by atoms with van der Waals surface area (Å²) < 4.78 is 0. The van der Waals surface area contributed by atoms with Gasteiger partial charge in [-0.2, -0.15) is 0 Å². The van der Waals surface area contributed by atoms with E-state index in [9.17, 15) is 0 Å². The van der Waals surface area contributed by atoms with Crippen LogP contribution in [0.2, 0.25) is 0 Å². The van der Waals surface area contributed by atoms with Crippen molar-refractivity contribution in [1.82, 2.24) is 0 Å². The lowest BCUT2D eigenvalue weighted by molar-refractivity contribution is 0.231. The van der Waals surface area contributed by atoms with Crippen molar-refractivity contribution in [2.24, 2.45) is 5.92 Å². The van der Waals surface area contributed by atoms with Crippen LogP contribution in [-0.2, 0) is 0 Å². The Hall–Kier alpha value is -0.520. The predicted molar refractivity (Wildman–Crippen MR) is 39.2 cm³/mol. The van der Waals surface area contributed by atoms with Gasteiger partial charge < -0.3 is 5.11 Å². The summed E-state index contributed by atoms with van der Waals surface area (Å²) >= 11 is 0. The highest BCUT2D eigenvalue weighted by atomic mass is 16.3. The van der Waals surface area contributed by atoms with E-state index < -0.39 is 0 Å². The van der Waals surface area contributed by atoms with Gasteiger partial charge in [-0.05, 0) is 24.8 Å². The SMILES string of the molecule is C=C=CCCC(C)CO. The Morgan fingerprint density at radius 1 is 1.78 bits per heavy atom. The second-order valence-electron chi connectivity index (χ2n) is 2.27. The molecule has 0 saturated heterocycles. The van der Waals surface area contributed by atoms with Gasteiger partial charge in [0, 0.05) is 6.61 Å². The lowest BCUT2D eigenvalue weighted by Crippen LogP contribution is -1.98. The first-order valence-electron chi connectivity index (χ1n) is 3.26. The fraction of sp³-hybridized carbons (Fsp3) is 0.625. The molecule has 0 aliphatic carbocycles. The highest BCUT2D eigenvalue weighted by Crippen LogP contribution is 2.03. The third-order valence-electron chi connectivity index (χ3n) is 1.26. The summed E-state index contributed by atoms with van der Waals surface area (Å²) in [6, 6.07) is 0. The van der Waals surface area contributed by atoms with Crippen LogP contribution in [0.3, 0.4) is 0 Å². The maximum atomic E-state index is 8.58. The molecule has 0 aliphatic rings. The normalized spacial score (nSPS) is 12.2. The van der Waals surface area contributed by atoms with E-state index in [4.69, 9.17) is 5.11 Å². The smallest absolute Gasteiger partial charge is 0.0456 e. The van der Waals surface area contributed by atoms with Gasteiger partial charge in [-0.25, -0.2) is 0 Å². The van der Waals surface area contributed by atoms with Gasteiger partial charge in [0.2, 0.25) is 0 Å². The zero-order valence-corrected chi connectivity index (χ0v) is 5.93. The molecular weight excluding hydrogens is 112 g/mol. The lowest BCUT2D eigenvalue weighted by Gasteiger charge is -2.02. The number of hydrogen-bond donors (Lipinski definition) is 1. The standard InChI is InChI=1S/C8H14O/c1-3-4-5-6-8(2)7-9/h4,8-9H,1,5-7H2,2H3. The number of aliphatic hydroxyl groups excluding tert-OH is 1. The minimum atomic E-state index is 0.283. The van der Waals surface area contributed by atoms with E-state index in [2.05, 4.69) is 12.3 Å². The highest BCUT2D eigenvalue weighted by molar-refractivity contribution is 4.75. The fourth-order valence-corrected chi connectivity index (χ4v) is 0.561. The summed E-state index contributed by atoms with van der Waals surface area (Å²) in [7, 11) is 0. The molecule has 0 spiro atoms. The Morgan fingerprint density at radius 2 is 2.44 bits per heavy atom. The Morgan fingerprint density at radius 3 is 2.89 bits per heavy atom. The summed E-state index contributed by atoms with van der Waals surface area (Å²) in [6.07, 6.45) is 3.90. The molecular formula is C8H14O. The van der Waals surface area contributed by atoms with Crippen LogP contribution in [0.4, 0.5) is 0 Å². The molecule has 0 aliphatic heterocycles. The second kappa shape index (κ2) is 5.61. The monoisotopic (exact) mass is 126 g/mol. The maximum Gasteiger partial charge on any atom is 0.0456 e. The van der Waals surface area contributed by atoms with E-state index in [0.29, 0.717) is 5.92 Å². The Balaban J connectivity index is 3.16. The van der Waals surface area contributed by atoms with E-state index in [1.165, 1.54) is 0 Å². The van der Waals surface area contributed by atoms with Gasteiger partial charge in [0.25, 0.3) is 0 Å². The van der Waals surface area contributed by atoms with Crippen molar-refractivity contribution < 1.29 is 5.11 Å². The van der Waals surface area contributed by atoms with Crippen molar-refractivity contribution in [2.45, 2.75) is 19.8 Å². The minimum Gasteiger partial charge on any atom is -0.396 e. The van der Waals surface area contributed by atoms with Gasteiger partial charge in [-0.15, -0.1) is 5.73 Å². The summed E-state index contributed by atoms with van der Waals surface area (Å²) in [5.74, 6) is 0.412. The largest absolute Gasteiger partial charge is 0.396 e. The minimum absolute atomic E-state index is 0.283. The first kappa shape index (κ1) is 8.48. The molecule has 1 atom stereocenters. The van der Waals surface area contributed by atoms with E-state index in [1.807, 2.05) is 13.0 Å². The quantitative estimate of drug-likeness (QED) is 0.569. The molecule has 0 rings (SSSR count). The van der Waals surface area contributed by atoms with Crippen molar-refractivity contribution in [1.29, 1.82) is 0 Å². The molecule has 0 bridgehead atoms. The molecule has 9 heavy (non-hydrogen) atoms. The third kappa shape index (κ3) is 5.35. The van der Waals surface area contributed by atoms with Crippen LogP contribution in [-0.4, -0.2) is 11.7 Å². The van der Waals surface area contributed by atoms with Gasteiger partial charge in [0.05, 0.1) is 0 Å². The molecule has 0 fully saturated rings. The average Bonchev–Trinajstić information content (AvgIpc) is 1.89. The summed E-state index contributed by atoms with van der Waals surface area (Å²) in [5.41, 5.74) is 2.69. The van der Waals surface area contributed by atoms with Crippen molar-refractivity contribution in [3.8, 4) is 0 Å². The van der Waals surface area contributed by atoms with Crippen LogP contribution >= 0.6 is 0 Å². The van der Waals surface area contributed by atoms with Crippen molar-refractivity contribution >= 4 is 0 Å². The number of hydrogen-bond acceptors (Lipinski definition) is 1. The average molecular weight is 126 g/mol. The number of aliphatic hydroxyl groups is 1. The Bertz CT molecular complexity index is 101. The Labute approximate surface area is 56.7 Å². The van der Waals surface area contributed by atoms with Crippen LogP contribution in [0.5, 0.6) is 0 Å². The molecule has 0 amide bonds. The lowest BCUT2D eigenvalue weighted by atomic mass is 10.1. The van der Waals surface area contributed by atoms with Gasteiger partial charge in [0.15, 0.2) is 0 Å². The summed E-state index contributed by atoms with van der Waals surface area (Å²) in [6.45, 7) is 5.75. The number of rotatable bonds is 4. The predicted octanol–water partition coefficient (Wildman–Crippen LogP) is 1.74. The van der Waals surface area contributed by atoms with E-state index in [1.54, 1.807) is 0 Å². The molecule has 0 heterocycles. The molecule has 52 valence electrons. The van der Waals surface area contributed by atoms with Crippen LogP contribution in [0.15, 0.2) is 18.4 Å². The number of allylic oxidation sites excluding steroid dienone is 1. The molecule has 1 heteroatoms. The zero-order chi connectivity index (χ0) is 7.11. The van der Waals surface area contributed by atoms with Crippen LogP contribution < -0.4 is 0 Å². The second-order valence-corrected chi connectivity index (χ2v) is 2.27. The van der Waals surface area contributed by atoms with E-state index in [-0.39, 0.29) is 6.61 Å². The van der Waals surface area contributed by atoms with E-state index >= 15 is 0 Å². The van der Waals surface area contributed by atoms with Crippen LogP contribution in [0.1, 0.15) is 19.8 Å². The summed E-state index contributed by atoms with van der Waals surface area (Å²) in [4.78, 5) is 0. The van der Waals surface area contributed by atoms with Gasteiger partial charge in [-0.3, -0.25) is 0 Å². The molecule has 0 saturated carbocycles. The molecule has 1 unspecified atom stereocenters. The van der Waals surface area contributed by atoms with Crippen molar-refractivity contribution in [2.75, 3.05) is 6.61 Å². The first-order valence-corrected chi connectivity index (χ1v) is 3.26.